The zero-order chi connectivity index (χ0) is 53.4. The molecule has 0 saturated heterocycles. The lowest BCUT2D eigenvalue weighted by atomic mass is 9.85. The maximum absolute atomic E-state index is 14.9. The maximum atomic E-state index is 14.9. The number of anilines is 1. The van der Waals surface area contributed by atoms with Crippen LogP contribution in [0.25, 0.3) is 22.5 Å². The number of amides is 4. The number of likely N-dealkylation sites (N-methyl/N-ethyl adjacent to an activating group) is 1. The first-order valence-electron chi connectivity index (χ1n) is 22.7. The molecule has 5 atom stereocenters. The molecule has 25 heteroatoms. The fourth-order valence-corrected chi connectivity index (χ4v) is 8.11. The molecule has 1 aliphatic heterocycles. The lowest BCUT2D eigenvalue weighted by Crippen LogP contribution is -2.57. The van der Waals surface area contributed by atoms with E-state index in [0.717, 1.165) is 17.5 Å². The molecule has 4 aromatic rings. The fraction of sp³-hybridized carbons (Fsp3) is 0.426. The van der Waals surface area contributed by atoms with E-state index in [4.69, 9.17) is 31.8 Å². The summed E-state index contributed by atoms with van der Waals surface area (Å²) in [5.41, 5.74) is 19.4. The zero-order valence-electron chi connectivity index (χ0n) is 40.7. The number of aliphatic hydroxyl groups excluding tert-OH is 2. The Kier molecular flexibility index (Phi) is 18.2. The van der Waals surface area contributed by atoms with Crippen molar-refractivity contribution in [3.8, 4) is 39.8 Å². The molecular weight excluding hydrogens is 959 g/mol. The van der Waals surface area contributed by atoms with E-state index < -0.39 is 89.0 Å². The summed E-state index contributed by atoms with van der Waals surface area (Å²) >= 11 is 0. The largest absolute Gasteiger partial charge is 0.504 e. The summed E-state index contributed by atoms with van der Waals surface area (Å²) in [5.74, 6) is -6.58. The Morgan fingerprint density at radius 3 is 2.29 bits per heavy atom. The molecule has 1 aliphatic rings. The van der Waals surface area contributed by atoms with E-state index in [9.17, 15) is 52.8 Å². The molecule has 16 N–H and O–H groups in total. The van der Waals surface area contributed by atoms with Gasteiger partial charge in [-0.3, -0.25) is 19.2 Å². The van der Waals surface area contributed by atoms with Gasteiger partial charge in [0.1, 0.15) is 54.0 Å². The minimum Gasteiger partial charge on any atom is -0.504 e. The summed E-state index contributed by atoms with van der Waals surface area (Å²) in [5, 5.41) is 55.4. The van der Waals surface area contributed by atoms with E-state index in [1.165, 1.54) is 38.1 Å². The highest BCUT2D eigenvalue weighted by molar-refractivity contribution is 7.87. The number of aromatic hydroxyl groups is 1. The predicted molar refractivity (Wildman–Crippen MR) is 263 cm³/mol. The van der Waals surface area contributed by atoms with Crippen molar-refractivity contribution in [1.29, 1.82) is 0 Å². The fourth-order valence-electron chi connectivity index (χ4n) is 7.71. The quantitative estimate of drug-likeness (QED) is 0.0551. The summed E-state index contributed by atoms with van der Waals surface area (Å²) in [4.78, 5) is 79.6. The third kappa shape index (κ3) is 13.7. The number of nitrogens with two attached hydrogens (primary N) is 4. The van der Waals surface area contributed by atoms with Gasteiger partial charge in [0.05, 0.1) is 18.9 Å². The Hall–Kier alpha value is -7.00. The van der Waals surface area contributed by atoms with Crippen molar-refractivity contribution >= 4 is 45.6 Å². The Morgan fingerprint density at radius 1 is 0.972 bits per heavy atom. The molecule has 0 fully saturated rings. The number of carboxylic acid groups (broad SMARTS) is 1. The number of phenols is 1. The van der Waals surface area contributed by atoms with Crippen LogP contribution >= 0.6 is 0 Å². The van der Waals surface area contributed by atoms with Crippen LogP contribution in [-0.4, -0.2) is 137 Å². The standard InChI is InChI=1S/C47H63N11O13S/c1-23-37(40(50)57-41(53-23)30-10-9-28(47(3,4)5)16-27(30)21-59)43(63)56-34(20-52-72(51,68)69)45(65)58(6)38-26-17-32(39(61)36(18-26)71-22-29(60)19-49)31-14-25(8-11-35(31)70-13-7-12-48)15-33(46(66)67)55-42(62)24(2)54-44(38)64/h8-11,14,16-18,24,29,33-34,38,52,59-61H,7,12-13,15,19-22,48-49H2,1-6H3,(H,54,64)(H,55,62)(H,56,63)(H,66,67)(H2,50,53,57)(H2,51,68,69)/t24-,29+,33-,34-,38-/m0/s1. The Morgan fingerprint density at radius 2 is 1.68 bits per heavy atom. The first kappa shape index (κ1) is 55.9. The number of fused-ring (bicyclic) bond motifs is 5. The number of nitrogens with zero attached hydrogens (tertiary/aromatic N) is 3. The molecule has 0 saturated carbocycles. The number of aliphatic hydroxyl groups is 2. The van der Waals surface area contributed by atoms with Gasteiger partial charge in [0, 0.05) is 43.2 Å². The number of nitrogens with one attached hydrogen (secondary N) is 4. The molecule has 5 rings (SSSR count). The van der Waals surface area contributed by atoms with Crippen molar-refractivity contribution in [2.75, 3.05) is 45.6 Å². The smallest absolute Gasteiger partial charge is 0.326 e. The van der Waals surface area contributed by atoms with E-state index in [1.807, 2.05) is 31.6 Å². The van der Waals surface area contributed by atoms with Gasteiger partial charge in [-0.25, -0.2) is 19.9 Å². The van der Waals surface area contributed by atoms with E-state index in [0.29, 0.717) is 23.1 Å². The van der Waals surface area contributed by atoms with Crippen LogP contribution in [0.3, 0.4) is 0 Å². The van der Waals surface area contributed by atoms with Crippen molar-refractivity contribution in [2.45, 2.75) is 89.8 Å². The number of carbonyl (C=O) groups excluding carboxylic acids is 4. The average molecular weight is 1020 g/mol. The number of phenolic OH excluding ortho intramolecular Hbond substituents is 1. The number of benzene rings is 3. The number of aryl methyl sites for hydroxylation is 1. The van der Waals surface area contributed by atoms with Crippen molar-refractivity contribution in [2.24, 2.45) is 16.6 Å². The zero-order valence-corrected chi connectivity index (χ0v) is 41.5. The van der Waals surface area contributed by atoms with Gasteiger partial charge in [-0.1, -0.05) is 45.0 Å². The molecule has 3 aromatic carbocycles. The number of rotatable bonds is 18. The summed E-state index contributed by atoms with van der Waals surface area (Å²) in [7, 11) is -3.42. The number of hydrogen-bond donors (Lipinski definition) is 12. The van der Waals surface area contributed by atoms with Crippen LogP contribution in [0.5, 0.6) is 17.2 Å². The van der Waals surface area contributed by atoms with Crippen LogP contribution in [0, 0.1) is 6.92 Å². The molecule has 0 unspecified atom stereocenters. The first-order chi connectivity index (χ1) is 33.8. The van der Waals surface area contributed by atoms with E-state index >= 15 is 0 Å². The van der Waals surface area contributed by atoms with Gasteiger partial charge in [-0.15, -0.1) is 0 Å². The van der Waals surface area contributed by atoms with Crippen LogP contribution in [0.2, 0.25) is 0 Å². The minimum atomic E-state index is -4.55. The highest BCUT2D eigenvalue weighted by Crippen LogP contribution is 2.45. The summed E-state index contributed by atoms with van der Waals surface area (Å²) in [6, 6.07) is 5.73. The topological polar surface area (TPSA) is 400 Å². The molecule has 4 bridgehead atoms. The van der Waals surface area contributed by atoms with Crippen molar-refractivity contribution in [3.05, 3.63) is 82.0 Å². The van der Waals surface area contributed by atoms with Crippen molar-refractivity contribution in [3.63, 3.8) is 0 Å². The number of aromatic nitrogens is 2. The van der Waals surface area contributed by atoms with Crippen molar-refractivity contribution in [1.82, 2.24) is 35.5 Å². The number of nitrogen functional groups attached to an aromatic ring is 1. The lowest BCUT2D eigenvalue weighted by Gasteiger charge is -2.33. The molecule has 4 amide bonds. The lowest BCUT2D eigenvalue weighted by molar-refractivity contribution is -0.143. The Bertz CT molecular complexity index is 2780. The Labute approximate surface area is 416 Å². The second kappa shape index (κ2) is 23.5. The monoisotopic (exact) mass is 1020 g/mol. The molecule has 72 heavy (non-hydrogen) atoms. The van der Waals surface area contributed by atoms with E-state index in [-0.39, 0.29) is 89.2 Å². The molecule has 390 valence electrons. The molecule has 0 aliphatic carbocycles. The molecule has 1 aromatic heterocycles. The van der Waals surface area contributed by atoms with Gasteiger partial charge in [0.25, 0.3) is 16.1 Å². The second-order valence-electron chi connectivity index (χ2n) is 18.2. The van der Waals surface area contributed by atoms with Gasteiger partial charge in [-0.05, 0) is 78.7 Å². The summed E-state index contributed by atoms with van der Waals surface area (Å²) in [6.07, 6.45) is -1.10. The average Bonchev–Trinajstić information content (AvgIpc) is 3.31. The van der Waals surface area contributed by atoms with Gasteiger partial charge >= 0.3 is 5.97 Å². The van der Waals surface area contributed by atoms with Crippen LogP contribution in [-0.2, 0) is 47.8 Å². The molecular formula is C47H63N11O13S. The SMILES string of the molecule is Cc1nc(-c2ccc(C(C)(C)C)cc2CO)nc(N)c1C(=O)N[C@@H](CNS(N)(=O)=O)C(=O)N(C)[C@@H]1C(=O)N[C@@H](C)C(=O)N[C@H](C(=O)O)Cc2ccc(OCCCN)c(c2)-c2cc1cc(OC[C@H](O)CN)c2O. The normalized spacial score (nSPS) is 17.1. The van der Waals surface area contributed by atoms with Crippen LogP contribution in [0.15, 0.2) is 48.5 Å². The number of ether oxygens (including phenoxy) is 2. The Balaban J connectivity index is 1.67. The third-order valence-electron chi connectivity index (χ3n) is 11.7. The van der Waals surface area contributed by atoms with Gasteiger partial charge in [0.2, 0.25) is 17.7 Å². The van der Waals surface area contributed by atoms with Gasteiger partial charge in [-0.2, -0.15) is 13.1 Å². The van der Waals surface area contributed by atoms with E-state index in [2.05, 4.69) is 25.9 Å². The number of aliphatic carboxylic acids is 1. The van der Waals surface area contributed by atoms with Crippen LogP contribution in [0.1, 0.15) is 78.5 Å². The highest BCUT2D eigenvalue weighted by atomic mass is 32.2. The molecule has 24 nitrogen and oxygen atoms in total. The van der Waals surface area contributed by atoms with Crippen molar-refractivity contribution < 1.29 is 62.3 Å². The summed E-state index contributed by atoms with van der Waals surface area (Å²) in [6.45, 7) is 7.09. The predicted octanol–water partition coefficient (Wildman–Crippen LogP) is -0.656. The third-order valence-corrected chi connectivity index (χ3v) is 12.2. The second-order valence-corrected chi connectivity index (χ2v) is 19.6. The number of carboxylic acids is 1. The van der Waals surface area contributed by atoms with Gasteiger partial charge in [0.15, 0.2) is 17.3 Å². The molecule has 0 spiro atoms. The minimum absolute atomic E-state index is 0.0277. The molecule has 0 radical (unpaired) electrons. The summed E-state index contributed by atoms with van der Waals surface area (Å²) < 4.78 is 38.5. The van der Waals surface area contributed by atoms with Gasteiger partial charge < -0.3 is 68.0 Å². The maximum Gasteiger partial charge on any atom is 0.326 e. The number of hydrogen-bond acceptors (Lipinski definition) is 17. The first-order valence-corrected chi connectivity index (χ1v) is 24.2. The van der Waals surface area contributed by atoms with Crippen LogP contribution < -0.4 is 52.5 Å². The molecule has 2 heterocycles. The highest BCUT2D eigenvalue weighted by Gasteiger charge is 2.38. The number of carbonyl (C=O) groups is 5. The van der Waals surface area contributed by atoms with E-state index in [1.54, 1.807) is 18.2 Å². The van der Waals surface area contributed by atoms with Crippen LogP contribution in [0.4, 0.5) is 5.82 Å².